The molecule has 0 radical (unpaired) electrons. The molecule has 1 aromatic carbocycles. The summed E-state index contributed by atoms with van der Waals surface area (Å²) in [7, 11) is 0. The minimum Gasteiger partial charge on any atom is -0.507 e. The summed E-state index contributed by atoms with van der Waals surface area (Å²) in [6.45, 7) is 4.90. The van der Waals surface area contributed by atoms with Gasteiger partial charge in [0.1, 0.15) is 5.75 Å². The summed E-state index contributed by atoms with van der Waals surface area (Å²) in [5, 5.41) is 9.60. The third-order valence-electron chi connectivity index (χ3n) is 2.08. The van der Waals surface area contributed by atoms with Gasteiger partial charge in [-0.1, -0.05) is 19.1 Å². The van der Waals surface area contributed by atoms with Gasteiger partial charge in [-0.3, -0.25) is 4.99 Å². The Morgan fingerprint density at radius 3 is 2.80 bits per heavy atom. The van der Waals surface area contributed by atoms with Gasteiger partial charge < -0.3 is 5.11 Å². The predicted octanol–water partition coefficient (Wildman–Crippen LogP) is 2.95. The second-order valence-corrected chi connectivity index (χ2v) is 4.58. The van der Waals surface area contributed by atoms with E-state index in [1.165, 1.54) is 0 Å². The topological polar surface area (TPSA) is 32.6 Å². The fourth-order valence-electron chi connectivity index (χ4n) is 1.29. The van der Waals surface area contributed by atoms with Crippen LogP contribution in [0.3, 0.4) is 0 Å². The summed E-state index contributed by atoms with van der Waals surface area (Å²) in [5.41, 5.74) is 1.74. The second kappa shape index (κ2) is 6.51. The number of rotatable bonds is 5. The van der Waals surface area contributed by atoms with Gasteiger partial charge in [-0.2, -0.15) is 11.8 Å². The van der Waals surface area contributed by atoms with E-state index in [2.05, 4.69) is 11.9 Å². The highest BCUT2D eigenvalue weighted by molar-refractivity contribution is 7.99. The third kappa shape index (κ3) is 3.96. The average molecular weight is 223 g/mol. The zero-order valence-electron chi connectivity index (χ0n) is 9.23. The number of phenols is 1. The molecule has 0 saturated heterocycles. The zero-order valence-corrected chi connectivity index (χ0v) is 10.0. The van der Waals surface area contributed by atoms with Crippen LogP contribution in [0.25, 0.3) is 0 Å². The van der Waals surface area contributed by atoms with Gasteiger partial charge in [0.2, 0.25) is 0 Å². The van der Waals surface area contributed by atoms with E-state index in [0.29, 0.717) is 5.75 Å². The molecule has 1 rings (SSSR count). The fraction of sp³-hybridized carbons (Fsp3) is 0.417. The Hall–Kier alpha value is -0.960. The molecule has 0 aromatic heterocycles. The Morgan fingerprint density at radius 2 is 2.13 bits per heavy atom. The van der Waals surface area contributed by atoms with Gasteiger partial charge in [-0.15, -0.1) is 0 Å². The standard InChI is InChI=1S/C12H17NOS/c1-3-15-9-8-13-10(2)11-6-4-5-7-12(11)14/h4-7,14H,3,8-9H2,1-2H3/b13-10+. The number of hydrogen-bond donors (Lipinski definition) is 1. The summed E-state index contributed by atoms with van der Waals surface area (Å²) in [6.07, 6.45) is 0. The molecule has 15 heavy (non-hydrogen) atoms. The maximum Gasteiger partial charge on any atom is 0.124 e. The molecular formula is C12H17NOS. The molecule has 0 unspecified atom stereocenters. The van der Waals surface area contributed by atoms with Crippen LogP contribution in [0, 0.1) is 0 Å². The molecule has 0 fully saturated rings. The number of aromatic hydroxyl groups is 1. The van der Waals surface area contributed by atoms with E-state index in [1.807, 2.05) is 36.9 Å². The SMILES string of the molecule is CCSCC/N=C(\C)c1ccccc1O. The van der Waals surface area contributed by atoms with Crippen LogP contribution in [0.1, 0.15) is 19.4 Å². The Bertz CT molecular complexity index is 336. The van der Waals surface area contributed by atoms with E-state index >= 15 is 0 Å². The first-order valence-electron chi connectivity index (χ1n) is 5.13. The monoisotopic (exact) mass is 223 g/mol. The molecule has 82 valence electrons. The Kier molecular flexibility index (Phi) is 5.26. The highest BCUT2D eigenvalue weighted by atomic mass is 32.2. The number of phenolic OH excluding ortho intramolecular Hbond substituents is 1. The van der Waals surface area contributed by atoms with Crippen molar-refractivity contribution in [2.75, 3.05) is 18.1 Å². The lowest BCUT2D eigenvalue weighted by Crippen LogP contribution is -1.98. The third-order valence-corrected chi connectivity index (χ3v) is 2.96. The van der Waals surface area contributed by atoms with Crippen molar-refractivity contribution in [3.63, 3.8) is 0 Å². The predicted molar refractivity (Wildman–Crippen MR) is 68.2 cm³/mol. The van der Waals surface area contributed by atoms with E-state index < -0.39 is 0 Å². The molecule has 0 atom stereocenters. The van der Waals surface area contributed by atoms with Crippen LogP contribution in [-0.4, -0.2) is 28.9 Å². The average Bonchev–Trinajstić information content (AvgIpc) is 2.25. The van der Waals surface area contributed by atoms with Gasteiger partial charge in [0, 0.05) is 23.6 Å². The first-order valence-corrected chi connectivity index (χ1v) is 6.28. The molecule has 0 heterocycles. The number of para-hydroxylation sites is 1. The molecule has 0 bridgehead atoms. The smallest absolute Gasteiger partial charge is 0.124 e. The van der Waals surface area contributed by atoms with Crippen molar-refractivity contribution >= 4 is 17.5 Å². The molecule has 0 aliphatic carbocycles. The van der Waals surface area contributed by atoms with Gasteiger partial charge in [0.25, 0.3) is 0 Å². The van der Waals surface area contributed by atoms with E-state index in [-0.39, 0.29) is 0 Å². The van der Waals surface area contributed by atoms with Gasteiger partial charge in [0.15, 0.2) is 0 Å². The largest absolute Gasteiger partial charge is 0.507 e. The van der Waals surface area contributed by atoms with Crippen molar-refractivity contribution in [2.24, 2.45) is 4.99 Å². The van der Waals surface area contributed by atoms with Crippen LogP contribution in [0.5, 0.6) is 5.75 Å². The second-order valence-electron chi connectivity index (χ2n) is 3.18. The first kappa shape index (κ1) is 12.1. The summed E-state index contributed by atoms with van der Waals surface area (Å²) >= 11 is 1.88. The number of hydrogen-bond acceptors (Lipinski definition) is 3. The van der Waals surface area contributed by atoms with Crippen LogP contribution in [-0.2, 0) is 0 Å². The van der Waals surface area contributed by atoms with E-state index in [1.54, 1.807) is 6.07 Å². The quantitative estimate of drug-likeness (QED) is 0.615. The maximum absolute atomic E-state index is 9.60. The zero-order chi connectivity index (χ0) is 11.1. The molecule has 1 aromatic rings. The van der Waals surface area contributed by atoms with E-state index in [4.69, 9.17) is 0 Å². The molecular weight excluding hydrogens is 206 g/mol. The molecule has 0 aliphatic heterocycles. The highest BCUT2D eigenvalue weighted by Gasteiger charge is 2.01. The lowest BCUT2D eigenvalue weighted by Gasteiger charge is -2.03. The molecule has 2 nitrogen and oxygen atoms in total. The fourth-order valence-corrected chi connectivity index (χ4v) is 1.80. The van der Waals surface area contributed by atoms with Crippen molar-refractivity contribution in [3.05, 3.63) is 29.8 Å². The van der Waals surface area contributed by atoms with Crippen LogP contribution in [0.4, 0.5) is 0 Å². The lowest BCUT2D eigenvalue weighted by atomic mass is 10.1. The molecule has 0 saturated carbocycles. The Morgan fingerprint density at radius 1 is 1.40 bits per heavy atom. The number of benzene rings is 1. The van der Waals surface area contributed by atoms with Gasteiger partial charge >= 0.3 is 0 Å². The molecule has 3 heteroatoms. The maximum atomic E-state index is 9.60. The van der Waals surface area contributed by atoms with Crippen LogP contribution >= 0.6 is 11.8 Å². The summed E-state index contributed by atoms with van der Waals surface area (Å²) in [6, 6.07) is 7.31. The number of aliphatic imine (C=N–C) groups is 1. The Balaban J connectivity index is 2.60. The number of nitrogens with zero attached hydrogens (tertiary/aromatic N) is 1. The van der Waals surface area contributed by atoms with Crippen molar-refractivity contribution in [1.29, 1.82) is 0 Å². The van der Waals surface area contributed by atoms with Crippen LogP contribution in [0.2, 0.25) is 0 Å². The molecule has 0 aliphatic rings. The minimum absolute atomic E-state index is 0.307. The lowest BCUT2D eigenvalue weighted by molar-refractivity contribution is 0.474. The Labute approximate surface area is 95.4 Å². The van der Waals surface area contributed by atoms with E-state index in [9.17, 15) is 5.11 Å². The summed E-state index contributed by atoms with van der Waals surface area (Å²) in [5.74, 6) is 2.48. The highest BCUT2D eigenvalue weighted by Crippen LogP contribution is 2.16. The van der Waals surface area contributed by atoms with Gasteiger partial charge in [-0.05, 0) is 24.8 Å². The summed E-state index contributed by atoms with van der Waals surface area (Å²) < 4.78 is 0. The number of thioether (sulfide) groups is 1. The summed E-state index contributed by atoms with van der Waals surface area (Å²) in [4.78, 5) is 4.43. The van der Waals surface area contributed by atoms with E-state index in [0.717, 1.165) is 29.3 Å². The van der Waals surface area contributed by atoms with Crippen molar-refractivity contribution < 1.29 is 5.11 Å². The van der Waals surface area contributed by atoms with Gasteiger partial charge in [0.05, 0.1) is 0 Å². The van der Waals surface area contributed by atoms with Gasteiger partial charge in [-0.25, -0.2) is 0 Å². The minimum atomic E-state index is 0.307. The molecule has 0 amide bonds. The van der Waals surface area contributed by atoms with Crippen LogP contribution < -0.4 is 0 Å². The normalized spacial score (nSPS) is 11.7. The van der Waals surface area contributed by atoms with Crippen molar-refractivity contribution in [1.82, 2.24) is 0 Å². The van der Waals surface area contributed by atoms with Crippen molar-refractivity contribution in [3.8, 4) is 5.75 Å². The first-order chi connectivity index (χ1) is 7.25. The van der Waals surface area contributed by atoms with Crippen molar-refractivity contribution in [2.45, 2.75) is 13.8 Å². The molecule has 0 spiro atoms. The molecule has 1 N–H and O–H groups in total. The van der Waals surface area contributed by atoms with Crippen LogP contribution in [0.15, 0.2) is 29.3 Å².